The molecule has 0 spiro atoms. The third kappa shape index (κ3) is 7.19. The van der Waals surface area contributed by atoms with Gasteiger partial charge in [-0.05, 0) is 59.9 Å². The number of aromatic hydroxyl groups is 1. The zero-order valence-corrected chi connectivity index (χ0v) is 19.0. The van der Waals surface area contributed by atoms with E-state index in [0.717, 1.165) is 16.3 Å². The van der Waals surface area contributed by atoms with Gasteiger partial charge in [0.05, 0.1) is 24.8 Å². The molecule has 2 amide bonds. The Labute approximate surface area is 198 Å². The van der Waals surface area contributed by atoms with Crippen LogP contribution in [0.3, 0.4) is 0 Å². The van der Waals surface area contributed by atoms with Gasteiger partial charge < -0.3 is 31.3 Å². The molecule has 0 aliphatic carbocycles. The van der Waals surface area contributed by atoms with Gasteiger partial charge in [0.2, 0.25) is 5.91 Å². The van der Waals surface area contributed by atoms with Gasteiger partial charge in [-0.1, -0.05) is 36.4 Å². The standard InChI is InChI=1S/C26H31N3O5/c27-23(15-18-7-9-21(31)10-8-18)26(33)28-11-3-4-14-34-24-17-20-6-2-1-5-19(20)16-22(24)25(32)29-12-13-30/h1-2,5-10,16-17,23,30-31H,3-4,11-15,27H2,(H,28,33)(H,29,32). The van der Waals surface area contributed by atoms with Crippen molar-refractivity contribution in [3.05, 3.63) is 71.8 Å². The van der Waals surface area contributed by atoms with E-state index in [0.29, 0.717) is 43.7 Å². The molecule has 3 aromatic carbocycles. The number of aliphatic hydroxyl groups excluding tert-OH is 1. The Bertz CT molecular complexity index is 1100. The van der Waals surface area contributed by atoms with E-state index >= 15 is 0 Å². The Hall–Kier alpha value is -3.62. The van der Waals surface area contributed by atoms with E-state index in [9.17, 15) is 14.7 Å². The van der Waals surface area contributed by atoms with E-state index < -0.39 is 6.04 Å². The van der Waals surface area contributed by atoms with Crippen LogP contribution in [0.25, 0.3) is 10.8 Å². The molecular formula is C26H31N3O5. The number of unbranched alkanes of at least 4 members (excludes halogenated alkanes) is 1. The quantitative estimate of drug-likeness (QED) is 0.260. The molecule has 0 radical (unpaired) electrons. The summed E-state index contributed by atoms with van der Waals surface area (Å²) in [5.74, 6) is 0.121. The highest BCUT2D eigenvalue weighted by molar-refractivity contribution is 6.01. The molecule has 1 atom stereocenters. The van der Waals surface area contributed by atoms with Crippen LogP contribution in [0.4, 0.5) is 0 Å². The van der Waals surface area contributed by atoms with Crippen LogP contribution in [0.2, 0.25) is 0 Å². The second-order valence-electron chi connectivity index (χ2n) is 8.00. The highest BCUT2D eigenvalue weighted by Gasteiger charge is 2.15. The Morgan fingerprint density at radius 3 is 2.35 bits per heavy atom. The van der Waals surface area contributed by atoms with Gasteiger partial charge in [-0.2, -0.15) is 0 Å². The predicted molar refractivity (Wildman–Crippen MR) is 131 cm³/mol. The lowest BCUT2D eigenvalue weighted by Gasteiger charge is -2.14. The number of carbonyl (C=O) groups excluding carboxylic acids is 2. The zero-order valence-electron chi connectivity index (χ0n) is 19.0. The van der Waals surface area contributed by atoms with E-state index in [-0.39, 0.29) is 30.7 Å². The summed E-state index contributed by atoms with van der Waals surface area (Å²) in [6.45, 7) is 0.876. The Morgan fingerprint density at radius 1 is 0.941 bits per heavy atom. The molecule has 0 aliphatic heterocycles. The normalized spacial score (nSPS) is 11.7. The molecule has 0 bridgehead atoms. The summed E-state index contributed by atoms with van der Waals surface area (Å²) in [6.07, 6.45) is 1.76. The lowest BCUT2D eigenvalue weighted by molar-refractivity contribution is -0.122. The summed E-state index contributed by atoms with van der Waals surface area (Å²) >= 11 is 0. The molecule has 0 fully saturated rings. The number of benzene rings is 3. The van der Waals surface area contributed by atoms with Crippen LogP contribution in [-0.2, 0) is 11.2 Å². The van der Waals surface area contributed by atoms with Crippen LogP contribution in [0.15, 0.2) is 60.7 Å². The van der Waals surface area contributed by atoms with Gasteiger partial charge in [-0.15, -0.1) is 0 Å². The summed E-state index contributed by atoms with van der Waals surface area (Å²) in [5, 5.41) is 25.7. The topological polar surface area (TPSA) is 134 Å². The first kappa shape index (κ1) is 25.0. The maximum atomic E-state index is 12.5. The van der Waals surface area contributed by atoms with Crippen molar-refractivity contribution in [1.29, 1.82) is 0 Å². The molecule has 0 aliphatic rings. The average Bonchev–Trinajstić information content (AvgIpc) is 2.85. The van der Waals surface area contributed by atoms with Gasteiger partial charge in [0.15, 0.2) is 0 Å². The van der Waals surface area contributed by atoms with Crippen LogP contribution >= 0.6 is 0 Å². The van der Waals surface area contributed by atoms with E-state index in [4.69, 9.17) is 15.6 Å². The smallest absolute Gasteiger partial charge is 0.255 e. The highest BCUT2D eigenvalue weighted by atomic mass is 16.5. The molecule has 34 heavy (non-hydrogen) atoms. The lowest BCUT2D eigenvalue weighted by Crippen LogP contribution is -2.42. The van der Waals surface area contributed by atoms with Crippen molar-refractivity contribution >= 4 is 22.6 Å². The zero-order chi connectivity index (χ0) is 24.3. The molecule has 6 N–H and O–H groups in total. The molecule has 0 heterocycles. The number of amides is 2. The molecule has 180 valence electrons. The van der Waals surface area contributed by atoms with Crippen molar-refractivity contribution in [1.82, 2.24) is 10.6 Å². The van der Waals surface area contributed by atoms with Crippen molar-refractivity contribution in [2.75, 3.05) is 26.3 Å². The first-order valence-electron chi connectivity index (χ1n) is 11.3. The molecule has 1 unspecified atom stereocenters. The Morgan fingerprint density at radius 2 is 1.65 bits per heavy atom. The molecule has 8 heteroatoms. The number of phenolic OH excluding ortho intramolecular Hbond substituents is 1. The number of hydrogen-bond donors (Lipinski definition) is 5. The summed E-state index contributed by atoms with van der Waals surface area (Å²) in [4.78, 5) is 24.7. The minimum absolute atomic E-state index is 0.139. The van der Waals surface area contributed by atoms with Crippen molar-refractivity contribution in [2.45, 2.75) is 25.3 Å². The number of aliphatic hydroxyl groups is 1. The van der Waals surface area contributed by atoms with E-state index in [1.54, 1.807) is 30.3 Å². The number of rotatable bonds is 12. The van der Waals surface area contributed by atoms with E-state index in [2.05, 4.69) is 10.6 Å². The molecule has 3 aromatic rings. The van der Waals surface area contributed by atoms with Crippen molar-refractivity contribution in [3.63, 3.8) is 0 Å². The van der Waals surface area contributed by atoms with Gasteiger partial charge in [0, 0.05) is 13.1 Å². The van der Waals surface area contributed by atoms with Gasteiger partial charge in [-0.25, -0.2) is 0 Å². The Balaban J connectivity index is 1.46. The van der Waals surface area contributed by atoms with Gasteiger partial charge in [0.1, 0.15) is 11.5 Å². The van der Waals surface area contributed by atoms with Gasteiger partial charge in [-0.3, -0.25) is 9.59 Å². The van der Waals surface area contributed by atoms with E-state index in [1.165, 1.54) is 0 Å². The summed E-state index contributed by atoms with van der Waals surface area (Å²) in [7, 11) is 0. The second kappa shape index (κ2) is 12.6. The fourth-order valence-electron chi connectivity index (χ4n) is 3.51. The maximum Gasteiger partial charge on any atom is 0.255 e. The van der Waals surface area contributed by atoms with Crippen LogP contribution in [-0.4, -0.2) is 54.4 Å². The number of hydrogen-bond acceptors (Lipinski definition) is 6. The second-order valence-corrected chi connectivity index (χ2v) is 8.00. The van der Waals surface area contributed by atoms with Crippen molar-refractivity contribution in [2.24, 2.45) is 5.73 Å². The third-order valence-electron chi connectivity index (χ3n) is 5.35. The monoisotopic (exact) mass is 465 g/mol. The lowest BCUT2D eigenvalue weighted by atomic mass is 10.1. The first-order chi connectivity index (χ1) is 16.5. The number of fused-ring (bicyclic) bond motifs is 1. The predicted octanol–water partition coefficient (Wildman–Crippen LogP) is 2.11. The SMILES string of the molecule is NC(Cc1ccc(O)cc1)C(=O)NCCCCOc1cc2ccccc2cc1C(=O)NCCO. The maximum absolute atomic E-state index is 12.5. The van der Waals surface area contributed by atoms with Crippen LogP contribution in [0.5, 0.6) is 11.5 Å². The summed E-state index contributed by atoms with van der Waals surface area (Å²) in [6, 6.07) is 17.3. The minimum atomic E-state index is -0.668. The molecular weight excluding hydrogens is 434 g/mol. The van der Waals surface area contributed by atoms with Crippen molar-refractivity contribution < 1.29 is 24.5 Å². The van der Waals surface area contributed by atoms with Gasteiger partial charge in [0.25, 0.3) is 5.91 Å². The van der Waals surface area contributed by atoms with Crippen LogP contribution in [0.1, 0.15) is 28.8 Å². The van der Waals surface area contributed by atoms with E-state index in [1.807, 2.05) is 30.3 Å². The first-order valence-corrected chi connectivity index (χ1v) is 11.3. The van der Waals surface area contributed by atoms with Crippen LogP contribution < -0.4 is 21.1 Å². The molecule has 8 nitrogen and oxygen atoms in total. The van der Waals surface area contributed by atoms with Gasteiger partial charge >= 0.3 is 0 Å². The Kier molecular flexibility index (Phi) is 9.25. The summed E-state index contributed by atoms with van der Waals surface area (Å²) < 4.78 is 5.91. The largest absolute Gasteiger partial charge is 0.508 e. The molecule has 3 rings (SSSR count). The number of carbonyl (C=O) groups is 2. The van der Waals surface area contributed by atoms with Crippen molar-refractivity contribution in [3.8, 4) is 11.5 Å². The van der Waals surface area contributed by atoms with Crippen LogP contribution in [0, 0.1) is 0 Å². The number of ether oxygens (including phenoxy) is 1. The number of nitrogens with two attached hydrogens (primary N) is 1. The fraction of sp³-hybridized carbons (Fsp3) is 0.308. The number of nitrogens with one attached hydrogen (secondary N) is 2. The molecule has 0 aromatic heterocycles. The molecule has 0 saturated carbocycles. The fourth-order valence-corrected chi connectivity index (χ4v) is 3.51. The minimum Gasteiger partial charge on any atom is -0.508 e. The third-order valence-corrected chi connectivity index (χ3v) is 5.35. The average molecular weight is 466 g/mol. The highest BCUT2D eigenvalue weighted by Crippen LogP contribution is 2.26. The summed E-state index contributed by atoms with van der Waals surface area (Å²) in [5.41, 5.74) is 7.27. The number of phenols is 1. The molecule has 0 saturated heterocycles.